The fourth-order valence-corrected chi connectivity index (χ4v) is 4.05. The number of rotatable bonds is 5. The second kappa shape index (κ2) is 6.96. The van der Waals surface area contributed by atoms with Crippen LogP contribution in [0.1, 0.15) is 31.7 Å². The van der Waals surface area contributed by atoms with Gasteiger partial charge in [-0.3, -0.25) is 4.72 Å². The molecule has 1 N–H and O–H groups in total. The third kappa shape index (κ3) is 3.58. The van der Waals surface area contributed by atoms with E-state index >= 15 is 0 Å². The molecule has 0 bridgehead atoms. The molecule has 134 valence electrons. The quantitative estimate of drug-likeness (QED) is 0.880. The molecule has 0 saturated carbocycles. The Morgan fingerprint density at radius 1 is 1.24 bits per heavy atom. The lowest BCUT2D eigenvalue weighted by Gasteiger charge is -2.28. The Kier molecular flexibility index (Phi) is 4.90. The number of hydrogen-bond acceptors (Lipinski definition) is 4. The van der Waals surface area contributed by atoms with Crippen LogP contribution in [0, 0.1) is 0 Å². The molecular weight excluding hydrogens is 336 g/mol. The van der Waals surface area contributed by atoms with E-state index in [4.69, 9.17) is 4.74 Å². The van der Waals surface area contributed by atoms with Crippen LogP contribution in [0.2, 0.25) is 0 Å². The zero-order chi connectivity index (χ0) is 18.0. The van der Waals surface area contributed by atoms with E-state index in [0.717, 1.165) is 24.2 Å². The summed E-state index contributed by atoms with van der Waals surface area (Å²) in [6.45, 7) is 5.53. The summed E-state index contributed by atoms with van der Waals surface area (Å²) in [7, 11) is -1.73. The molecule has 5 nitrogen and oxygen atoms in total. The van der Waals surface area contributed by atoms with Crippen molar-refractivity contribution in [3.8, 4) is 5.75 Å². The lowest BCUT2D eigenvalue weighted by Crippen LogP contribution is -2.29. The van der Waals surface area contributed by atoms with Gasteiger partial charge >= 0.3 is 0 Å². The number of anilines is 2. The average molecular weight is 360 g/mol. The average Bonchev–Trinajstić information content (AvgIpc) is 2.61. The first-order chi connectivity index (χ1) is 11.9. The zero-order valence-corrected chi connectivity index (χ0v) is 15.6. The van der Waals surface area contributed by atoms with Crippen molar-refractivity contribution < 1.29 is 13.2 Å². The van der Waals surface area contributed by atoms with Crippen LogP contribution in [-0.4, -0.2) is 28.6 Å². The maximum absolute atomic E-state index is 12.9. The van der Waals surface area contributed by atoms with Crippen molar-refractivity contribution in [2.24, 2.45) is 0 Å². The van der Waals surface area contributed by atoms with Gasteiger partial charge in [0.25, 0.3) is 10.0 Å². The number of para-hydroxylation sites is 1. The Morgan fingerprint density at radius 2 is 2.00 bits per heavy atom. The van der Waals surface area contributed by atoms with Crippen LogP contribution in [-0.2, 0) is 10.0 Å². The molecule has 1 aliphatic heterocycles. The number of hydrogen-bond donors (Lipinski definition) is 1. The minimum absolute atomic E-state index is 0.238. The molecule has 0 saturated heterocycles. The van der Waals surface area contributed by atoms with E-state index in [1.165, 1.54) is 0 Å². The summed E-state index contributed by atoms with van der Waals surface area (Å²) in [6, 6.07) is 12.5. The fraction of sp³-hybridized carbons (Fsp3) is 0.368. The summed E-state index contributed by atoms with van der Waals surface area (Å²) < 4.78 is 34.1. The summed E-state index contributed by atoms with van der Waals surface area (Å²) in [5.74, 6) is 0.995. The van der Waals surface area contributed by atoms with E-state index in [2.05, 4.69) is 18.6 Å². The highest BCUT2D eigenvalue weighted by molar-refractivity contribution is 7.92. The summed E-state index contributed by atoms with van der Waals surface area (Å²) in [4.78, 5) is 2.24. The van der Waals surface area contributed by atoms with Gasteiger partial charge < -0.3 is 9.64 Å². The smallest absolute Gasteiger partial charge is 0.261 e. The Labute approximate surface area is 149 Å². The van der Waals surface area contributed by atoms with Crippen LogP contribution < -0.4 is 14.4 Å². The summed E-state index contributed by atoms with van der Waals surface area (Å²) in [5, 5.41) is 0. The number of nitrogens with one attached hydrogen (secondary N) is 1. The SMILES string of the molecule is CCC(C)c1ccccc1NS(=O)(=O)c1ccc2c(c1)N(C)CCO2. The van der Waals surface area contributed by atoms with Gasteiger partial charge in [0, 0.05) is 7.05 Å². The first-order valence-corrected chi connectivity index (χ1v) is 10.0. The topological polar surface area (TPSA) is 58.6 Å². The van der Waals surface area contributed by atoms with Gasteiger partial charge in [0.1, 0.15) is 12.4 Å². The Balaban J connectivity index is 1.95. The number of fused-ring (bicyclic) bond motifs is 1. The van der Waals surface area contributed by atoms with Crippen molar-refractivity contribution >= 4 is 21.4 Å². The van der Waals surface area contributed by atoms with E-state index in [1.807, 2.05) is 36.2 Å². The molecule has 0 amide bonds. The molecule has 1 heterocycles. The molecular formula is C19H24N2O3S. The maximum atomic E-state index is 12.9. The third-order valence-electron chi connectivity index (χ3n) is 4.68. The highest BCUT2D eigenvalue weighted by Gasteiger charge is 2.22. The first kappa shape index (κ1) is 17.6. The van der Waals surface area contributed by atoms with Gasteiger partial charge in [-0.1, -0.05) is 32.0 Å². The molecule has 0 aromatic heterocycles. The second-order valence-electron chi connectivity index (χ2n) is 6.40. The lowest BCUT2D eigenvalue weighted by atomic mass is 9.97. The third-order valence-corrected chi connectivity index (χ3v) is 6.05. The number of sulfonamides is 1. The largest absolute Gasteiger partial charge is 0.490 e. The maximum Gasteiger partial charge on any atom is 0.261 e. The summed E-state index contributed by atoms with van der Waals surface area (Å²) in [5.41, 5.74) is 2.44. The molecule has 6 heteroatoms. The summed E-state index contributed by atoms with van der Waals surface area (Å²) in [6.07, 6.45) is 0.944. The lowest BCUT2D eigenvalue weighted by molar-refractivity contribution is 0.311. The predicted molar refractivity (Wildman–Crippen MR) is 101 cm³/mol. The highest BCUT2D eigenvalue weighted by atomic mass is 32.2. The minimum atomic E-state index is -3.67. The van der Waals surface area contributed by atoms with E-state index in [1.54, 1.807) is 18.2 Å². The number of ether oxygens (including phenoxy) is 1. The number of benzene rings is 2. The van der Waals surface area contributed by atoms with Crippen molar-refractivity contribution in [2.75, 3.05) is 29.8 Å². The van der Waals surface area contributed by atoms with Crippen LogP contribution in [0.5, 0.6) is 5.75 Å². The minimum Gasteiger partial charge on any atom is -0.490 e. The van der Waals surface area contributed by atoms with Gasteiger partial charge in [-0.15, -0.1) is 0 Å². The molecule has 25 heavy (non-hydrogen) atoms. The van der Waals surface area contributed by atoms with Gasteiger partial charge in [-0.2, -0.15) is 0 Å². The normalized spacial score (nSPS) is 15.2. The monoisotopic (exact) mass is 360 g/mol. The molecule has 0 radical (unpaired) electrons. The van der Waals surface area contributed by atoms with E-state index in [9.17, 15) is 8.42 Å². The van der Waals surface area contributed by atoms with Crippen molar-refractivity contribution in [2.45, 2.75) is 31.1 Å². The van der Waals surface area contributed by atoms with Crippen LogP contribution in [0.25, 0.3) is 0 Å². The molecule has 1 aliphatic rings. The Morgan fingerprint density at radius 3 is 2.76 bits per heavy atom. The second-order valence-corrected chi connectivity index (χ2v) is 8.08. The molecule has 2 aromatic carbocycles. The van der Waals surface area contributed by atoms with Crippen molar-refractivity contribution in [1.82, 2.24) is 0 Å². The van der Waals surface area contributed by atoms with Crippen molar-refractivity contribution in [3.63, 3.8) is 0 Å². The Hall–Kier alpha value is -2.21. The number of likely N-dealkylation sites (N-methyl/N-ethyl adjacent to an activating group) is 1. The molecule has 0 spiro atoms. The standard InChI is InChI=1S/C19H24N2O3S/c1-4-14(2)16-7-5-6-8-17(16)20-25(22,23)15-9-10-19-18(13-15)21(3)11-12-24-19/h5-10,13-14,20H,4,11-12H2,1-3H3. The molecule has 1 atom stereocenters. The van der Waals surface area contributed by atoms with E-state index in [-0.39, 0.29) is 10.8 Å². The van der Waals surface area contributed by atoms with Gasteiger partial charge in [-0.25, -0.2) is 8.42 Å². The molecule has 0 fully saturated rings. The zero-order valence-electron chi connectivity index (χ0n) is 14.8. The van der Waals surface area contributed by atoms with Crippen LogP contribution in [0.3, 0.4) is 0 Å². The van der Waals surface area contributed by atoms with E-state index in [0.29, 0.717) is 18.0 Å². The molecule has 1 unspecified atom stereocenters. The fourth-order valence-electron chi connectivity index (χ4n) is 2.94. The van der Waals surface area contributed by atoms with Gasteiger partial charge in [0.05, 0.1) is 22.8 Å². The molecule has 2 aromatic rings. The van der Waals surface area contributed by atoms with Crippen LogP contribution in [0.4, 0.5) is 11.4 Å². The van der Waals surface area contributed by atoms with Crippen molar-refractivity contribution in [1.29, 1.82) is 0 Å². The highest BCUT2D eigenvalue weighted by Crippen LogP contribution is 2.34. The van der Waals surface area contributed by atoms with Crippen LogP contribution in [0.15, 0.2) is 47.4 Å². The Bertz CT molecular complexity index is 865. The van der Waals surface area contributed by atoms with Gasteiger partial charge in [0.2, 0.25) is 0 Å². The number of nitrogens with zero attached hydrogens (tertiary/aromatic N) is 1. The molecule has 0 aliphatic carbocycles. The van der Waals surface area contributed by atoms with Gasteiger partial charge in [0.15, 0.2) is 0 Å². The predicted octanol–water partition coefficient (Wildman–Crippen LogP) is 3.83. The first-order valence-electron chi connectivity index (χ1n) is 8.52. The summed E-state index contributed by atoms with van der Waals surface area (Å²) >= 11 is 0. The van der Waals surface area contributed by atoms with Crippen LogP contribution >= 0.6 is 0 Å². The molecule has 3 rings (SSSR count). The van der Waals surface area contributed by atoms with E-state index < -0.39 is 10.0 Å². The van der Waals surface area contributed by atoms with Gasteiger partial charge in [-0.05, 0) is 42.2 Å². The van der Waals surface area contributed by atoms with Crippen molar-refractivity contribution in [3.05, 3.63) is 48.0 Å².